The van der Waals surface area contributed by atoms with Crippen LogP contribution in [0.1, 0.15) is 16.9 Å². The van der Waals surface area contributed by atoms with Crippen molar-refractivity contribution in [3.63, 3.8) is 0 Å². The molecule has 1 aromatic carbocycles. The zero-order valence-electron chi connectivity index (χ0n) is 7.92. The molecule has 13 heavy (non-hydrogen) atoms. The first kappa shape index (κ1) is 8.11. The maximum Gasteiger partial charge on any atom is 0.141 e. The Labute approximate surface area is 77.7 Å². The summed E-state index contributed by atoms with van der Waals surface area (Å²) in [6.45, 7) is 7.83. The van der Waals surface area contributed by atoms with Crippen LogP contribution in [0.3, 0.4) is 0 Å². The van der Waals surface area contributed by atoms with E-state index in [9.17, 15) is 0 Å². The molecule has 0 aliphatic rings. The lowest BCUT2D eigenvalue weighted by Gasteiger charge is -1.93. The molecule has 0 bridgehead atoms. The molecule has 0 fully saturated rings. The molecule has 2 aromatic rings. The molecule has 0 N–H and O–H groups in total. The average Bonchev–Trinajstić information content (AvgIpc) is 2.43. The van der Waals surface area contributed by atoms with E-state index in [1.807, 2.05) is 25.1 Å². The molecule has 1 heterocycles. The van der Waals surface area contributed by atoms with Crippen LogP contribution in [-0.2, 0) is 0 Å². The number of aryl methyl sites for hydroxylation is 2. The summed E-state index contributed by atoms with van der Waals surface area (Å²) in [5.74, 6) is 0.990. The molecular formula is C12H12O. The molecule has 0 radical (unpaired) electrons. The third-order valence-corrected chi connectivity index (χ3v) is 2.45. The number of fused-ring (bicyclic) bond motifs is 1. The van der Waals surface area contributed by atoms with E-state index in [1.54, 1.807) is 0 Å². The molecule has 1 aromatic heterocycles. The van der Waals surface area contributed by atoms with Gasteiger partial charge in [0, 0.05) is 10.9 Å². The molecule has 0 saturated heterocycles. The first-order chi connectivity index (χ1) is 6.24. The van der Waals surface area contributed by atoms with E-state index in [0.717, 1.165) is 16.9 Å². The molecule has 0 spiro atoms. The summed E-state index contributed by atoms with van der Waals surface area (Å²) < 4.78 is 5.65. The van der Waals surface area contributed by atoms with Gasteiger partial charge in [-0.25, -0.2) is 0 Å². The van der Waals surface area contributed by atoms with Gasteiger partial charge in [-0.1, -0.05) is 30.9 Å². The highest BCUT2D eigenvalue weighted by Crippen LogP contribution is 2.27. The maximum atomic E-state index is 5.65. The van der Waals surface area contributed by atoms with Crippen LogP contribution < -0.4 is 0 Å². The molecule has 0 aliphatic carbocycles. The molecule has 2 rings (SSSR count). The Kier molecular flexibility index (Phi) is 1.73. The van der Waals surface area contributed by atoms with Gasteiger partial charge in [-0.3, -0.25) is 0 Å². The van der Waals surface area contributed by atoms with Gasteiger partial charge >= 0.3 is 0 Å². The fourth-order valence-electron chi connectivity index (χ4n) is 1.54. The van der Waals surface area contributed by atoms with Gasteiger partial charge in [0.1, 0.15) is 11.3 Å². The van der Waals surface area contributed by atoms with Gasteiger partial charge in [-0.2, -0.15) is 0 Å². The van der Waals surface area contributed by atoms with Crippen molar-refractivity contribution >= 4 is 17.0 Å². The normalized spacial score (nSPS) is 10.6. The Bertz CT molecular complexity index is 463. The van der Waals surface area contributed by atoms with Crippen LogP contribution >= 0.6 is 0 Å². The monoisotopic (exact) mass is 172 g/mol. The minimum absolute atomic E-state index is 0.951. The molecule has 0 unspecified atom stereocenters. The van der Waals surface area contributed by atoms with E-state index in [-0.39, 0.29) is 0 Å². The SMILES string of the molecule is C=Cc1cccc2c(C)c(C)oc12. The van der Waals surface area contributed by atoms with Crippen molar-refractivity contribution in [3.05, 3.63) is 41.7 Å². The lowest BCUT2D eigenvalue weighted by Crippen LogP contribution is -1.73. The largest absolute Gasteiger partial charge is 0.460 e. The number of para-hydroxylation sites is 1. The highest BCUT2D eigenvalue weighted by Gasteiger charge is 2.07. The van der Waals surface area contributed by atoms with Crippen LogP contribution in [0.25, 0.3) is 17.0 Å². The summed E-state index contributed by atoms with van der Waals surface area (Å²) in [6, 6.07) is 6.12. The van der Waals surface area contributed by atoms with Crippen molar-refractivity contribution in [2.45, 2.75) is 13.8 Å². The quantitative estimate of drug-likeness (QED) is 0.639. The lowest BCUT2D eigenvalue weighted by atomic mass is 10.1. The van der Waals surface area contributed by atoms with Crippen LogP contribution in [0.2, 0.25) is 0 Å². The van der Waals surface area contributed by atoms with Crippen molar-refractivity contribution in [2.75, 3.05) is 0 Å². The summed E-state index contributed by atoms with van der Waals surface area (Å²) in [5, 5.41) is 1.19. The van der Waals surface area contributed by atoms with Crippen molar-refractivity contribution in [1.29, 1.82) is 0 Å². The van der Waals surface area contributed by atoms with Crippen molar-refractivity contribution in [2.24, 2.45) is 0 Å². The summed E-state index contributed by atoms with van der Waals surface area (Å²) in [5.41, 5.74) is 3.24. The molecule has 0 atom stereocenters. The molecule has 0 amide bonds. The first-order valence-corrected chi connectivity index (χ1v) is 4.35. The van der Waals surface area contributed by atoms with Gasteiger partial charge in [-0.15, -0.1) is 0 Å². The average molecular weight is 172 g/mol. The second-order valence-corrected chi connectivity index (χ2v) is 3.21. The third kappa shape index (κ3) is 1.08. The molecule has 0 saturated carbocycles. The lowest BCUT2D eigenvalue weighted by molar-refractivity contribution is 0.574. The predicted molar refractivity (Wildman–Crippen MR) is 55.8 cm³/mol. The van der Waals surface area contributed by atoms with E-state index in [1.165, 1.54) is 10.9 Å². The highest BCUT2D eigenvalue weighted by molar-refractivity contribution is 5.88. The Morgan fingerprint density at radius 1 is 1.31 bits per heavy atom. The Hall–Kier alpha value is -1.50. The van der Waals surface area contributed by atoms with Gasteiger partial charge in [0.15, 0.2) is 0 Å². The Morgan fingerprint density at radius 2 is 2.08 bits per heavy atom. The molecular weight excluding hydrogens is 160 g/mol. The fraction of sp³-hybridized carbons (Fsp3) is 0.167. The van der Waals surface area contributed by atoms with Crippen molar-refractivity contribution < 1.29 is 4.42 Å². The molecule has 0 aliphatic heterocycles. The van der Waals surface area contributed by atoms with Crippen LogP contribution in [0, 0.1) is 13.8 Å². The first-order valence-electron chi connectivity index (χ1n) is 4.35. The van der Waals surface area contributed by atoms with Crippen molar-refractivity contribution in [3.8, 4) is 0 Å². The summed E-state index contributed by atoms with van der Waals surface area (Å²) in [4.78, 5) is 0. The number of hydrogen-bond acceptors (Lipinski definition) is 1. The fourth-order valence-corrected chi connectivity index (χ4v) is 1.54. The van der Waals surface area contributed by atoms with Gasteiger partial charge in [0.05, 0.1) is 0 Å². The molecule has 66 valence electrons. The number of rotatable bonds is 1. The van der Waals surface area contributed by atoms with Crippen LogP contribution in [-0.4, -0.2) is 0 Å². The highest BCUT2D eigenvalue weighted by atomic mass is 16.3. The summed E-state index contributed by atoms with van der Waals surface area (Å²) >= 11 is 0. The predicted octanol–water partition coefficient (Wildman–Crippen LogP) is 3.69. The molecule has 1 heteroatoms. The summed E-state index contributed by atoms with van der Waals surface area (Å²) in [7, 11) is 0. The van der Waals surface area contributed by atoms with E-state index < -0.39 is 0 Å². The minimum Gasteiger partial charge on any atom is -0.460 e. The van der Waals surface area contributed by atoms with Gasteiger partial charge in [-0.05, 0) is 19.4 Å². The van der Waals surface area contributed by atoms with E-state index in [4.69, 9.17) is 4.42 Å². The topological polar surface area (TPSA) is 13.1 Å². The van der Waals surface area contributed by atoms with Crippen molar-refractivity contribution in [1.82, 2.24) is 0 Å². The van der Waals surface area contributed by atoms with E-state index >= 15 is 0 Å². The van der Waals surface area contributed by atoms with Gasteiger partial charge < -0.3 is 4.42 Å². The van der Waals surface area contributed by atoms with E-state index in [2.05, 4.69) is 19.6 Å². The third-order valence-electron chi connectivity index (χ3n) is 2.45. The second-order valence-electron chi connectivity index (χ2n) is 3.21. The maximum absolute atomic E-state index is 5.65. The minimum atomic E-state index is 0.951. The van der Waals surface area contributed by atoms with Crippen LogP contribution in [0.15, 0.2) is 29.2 Å². The van der Waals surface area contributed by atoms with Gasteiger partial charge in [0.2, 0.25) is 0 Å². The standard InChI is InChI=1S/C12H12O/c1-4-10-6-5-7-11-8(2)9(3)13-12(10)11/h4-7H,1H2,2-3H3. The van der Waals surface area contributed by atoms with Crippen LogP contribution in [0.5, 0.6) is 0 Å². The Balaban J connectivity index is 2.92. The smallest absolute Gasteiger partial charge is 0.141 e. The Morgan fingerprint density at radius 3 is 2.77 bits per heavy atom. The zero-order valence-corrected chi connectivity index (χ0v) is 7.92. The van der Waals surface area contributed by atoms with Crippen LogP contribution in [0.4, 0.5) is 0 Å². The van der Waals surface area contributed by atoms with Gasteiger partial charge in [0.25, 0.3) is 0 Å². The summed E-state index contributed by atoms with van der Waals surface area (Å²) in [6.07, 6.45) is 1.82. The number of hydrogen-bond donors (Lipinski definition) is 0. The van der Waals surface area contributed by atoms with E-state index in [0.29, 0.717) is 0 Å². The number of benzene rings is 1. The molecule has 1 nitrogen and oxygen atoms in total. The zero-order chi connectivity index (χ0) is 9.42. The second kappa shape index (κ2) is 2.77. The number of furan rings is 1.